The molecule has 0 unspecified atom stereocenters. The topological polar surface area (TPSA) is 49.8 Å². The number of aliphatic carboxylic acids is 1. The first-order valence-electron chi connectivity index (χ1n) is 3.31. The number of hydrogen-bond donors (Lipinski definition) is 1. The van der Waals surface area contributed by atoms with Crippen molar-refractivity contribution < 1.29 is 45.6 Å². The second-order valence-corrected chi connectivity index (χ2v) is 2.28. The van der Waals surface area contributed by atoms with E-state index in [0.717, 1.165) is 13.1 Å². The maximum atomic E-state index is 10.2. The van der Waals surface area contributed by atoms with Crippen LogP contribution in [0.4, 0.5) is 0 Å². The van der Waals surface area contributed by atoms with E-state index in [9.17, 15) is 4.79 Å². The van der Waals surface area contributed by atoms with Gasteiger partial charge < -0.3 is 11.3 Å². The van der Waals surface area contributed by atoms with Crippen LogP contribution in [0.2, 0.25) is 0 Å². The van der Waals surface area contributed by atoms with Gasteiger partial charge in [-0.3, -0.25) is 9.69 Å². The number of rotatable bonds is 2. The molecule has 4 nitrogen and oxygen atoms in total. The van der Waals surface area contributed by atoms with Gasteiger partial charge in [-0.1, -0.05) is 0 Å². The molecular weight excluding hydrogens is 157 g/mol. The molecule has 0 aliphatic carbocycles. The van der Waals surface area contributed by atoms with Crippen LogP contribution in [0.15, 0.2) is 0 Å². The van der Waals surface area contributed by atoms with Gasteiger partial charge in [0.05, 0.1) is 19.8 Å². The van der Waals surface area contributed by atoms with E-state index in [4.69, 9.17) is 9.84 Å². The summed E-state index contributed by atoms with van der Waals surface area (Å²) in [4.78, 5) is 12.1. The smallest absolute Gasteiger partial charge is 1.00 e. The van der Waals surface area contributed by atoms with Crippen LogP contribution >= 0.6 is 0 Å². The van der Waals surface area contributed by atoms with E-state index >= 15 is 0 Å². The molecule has 1 saturated heterocycles. The second-order valence-electron chi connectivity index (χ2n) is 2.28. The second kappa shape index (κ2) is 5.97. The summed E-state index contributed by atoms with van der Waals surface area (Å²) < 4.78 is 5.05. The Balaban J connectivity index is 0. The van der Waals surface area contributed by atoms with Crippen LogP contribution in [-0.2, 0) is 9.53 Å². The predicted molar refractivity (Wildman–Crippen MR) is 36.0 cm³/mol. The van der Waals surface area contributed by atoms with Crippen LogP contribution in [0, 0.1) is 0 Å². The maximum absolute atomic E-state index is 10.2. The fourth-order valence-electron chi connectivity index (χ4n) is 0.951. The van der Waals surface area contributed by atoms with E-state index < -0.39 is 5.97 Å². The number of carbonyl (C=O) groups is 1. The Hall–Kier alpha value is 0.390. The Morgan fingerprint density at radius 1 is 1.55 bits per heavy atom. The third kappa shape index (κ3) is 4.76. The molecule has 0 aromatic rings. The fourth-order valence-corrected chi connectivity index (χ4v) is 0.951. The zero-order valence-electron chi connectivity index (χ0n) is 7.75. The van der Waals surface area contributed by atoms with Gasteiger partial charge in [0.25, 0.3) is 0 Å². The minimum absolute atomic E-state index is 0. The molecule has 1 aliphatic rings. The van der Waals surface area contributed by atoms with E-state index in [1.54, 1.807) is 0 Å². The van der Waals surface area contributed by atoms with E-state index in [1.807, 2.05) is 4.90 Å². The zero-order chi connectivity index (χ0) is 7.40. The van der Waals surface area contributed by atoms with Gasteiger partial charge in [0.15, 0.2) is 0 Å². The molecule has 0 saturated carbocycles. The first-order valence-corrected chi connectivity index (χ1v) is 3.31. The van der Waals surface area contributed by atoms with Gasteiger partial charge in [-0.15, -0.1) is 0 Å². The van der Waals surface area contributed by atoms with Crippen LogP contribution in [-0.4, -0.2) is 48.8 Å². The first-order chi connectivity index (χ1) is 4.79. The molecule has 1 heterocycles. The van der Waals surface area contributed by atoms with E-state index in [1.165, 1.54) is 0 Å². The average Bonchev–Trinajstić information content (AvgIpc) is 1.88. The van der Waals surface area contributed by atoms with Crippen molar-refractivity contribution in [3.05, 3.63) is 0 Å². The van der Waals surface area contributed by atoms with Gasteiger partial charge >= 0.3 is 35.5 Å². The van der Waals surface area contributed by atoms with Crippen molar-refractivity contribution in [2.45, 2.75) is 0 Å². The first kappa shape index (κ1) is 11.4. The zero-order valence-corrected chi connectivity index (χ0v) is 8.75. The van der Waals surface area contributed by atoms with E-state index in [-0.39, 0.29) is 37.5 Å². The largest absolute Gasteiger partial charge is 1.00 e. The van der Waals surface area contributed by atoms with Crippen LogP contribution in [0.25, 0.3) is 0 Å². The summed E-state index contributed by atoms with van der Waals surface area (Å²) in [6, 6.07) is 0. The summed E-state index contributed by atoms with van der Waals surface area (Å²) in [7, 11) is 0. The Kier molecular flexibility index (Phi) is 6.18. The summed E-state index contributed by atoms with van der Waals surface area (Å²) in [5.74, 6) is -0.762. The minimum atomic E-state index is -0.762. The molecule has 0 aromatic heterocycles. The quantitative estimate of drug-likeness (QED) is 0.436. The van der Waals surface area contributed by atoms with Crippen molar-refractivity contribution in [2.24, 2.45) is 0 Å². The number of hydrogen-bond acceptors (Lipinski definition) is 3. The van der Waals surface area contributed by atoms with E-state index in [0.29, 0.717) is 13.2 Å². The SMILES string of the molecule is O=C(O)CN1CCOCC1.[H-].[Na+]. The molecule has 1 N–H and O–H groups in total. The molecule has 60 valence electrons. The predicted octanol–water partition coefficient (Wildman–Crippen LogP) is -3.48. The number of carboxylic acids is 1. The average molecular weight is 169 g/mol. The van der Waals surface area contributed by atoms with Crippen molar-refractivity contribution in [3.8, 4) is 0 Å². The molecule has 1 fully saturated rings. The monoisotopic (exact) mass is 169 g/mol. The Bertz CT molecular complexity index is 130. The Morgan fingerprint density at radius 3 is 2.55 bits per heavy atom. The summed E-state index contributed by atoms with van der Waals surface area (Å²) in [6.07, 6.45) is 0. The molecule has 1 rings (SSSR count). The summed E-state index contributed by atoms with van der Waals surface area (Å²) in [5, 5.41) is 8.38. The van der Waals surface area contributed by atoms with Gasteiger partial charge in [-0.25, -0.2) is 0 Å². The van der Waals surface area contributed by atoms with Crippen molar-refractivity contribution in [1.29, 1.82) is 0 Å². The van der Waals surface area contributed by atoms with Crippen molar-refractivity contribution in [3.63, 3.8) is 0 Å². The summed E-state index contributed by atoms with van der Waals surface area (Å²) in [6.45, 7) is 2.95. The molecular formula is C6H12NNaO3. The molecule has 0 aromatic carbocycles. The minimum Gasteiger partial charge on any atom is -1.00 e. The molecule has 0 atom stereocenters. The number of ether oxygens (including phenoxy) is 1. The van der Waals surface area contributed by atoms with Crippen molar-refractivity contribution in [2.75, 3.05) is 32.8 Å². The number of carboxylic acid groups (broad SMARTS) is 1. The standard InChI is InChI=1S/C6H11NO3.Na.H/c8-6(9)5-7-1-3-10-4-2-7;;/h1-5H2,(H,8,9);;/q;+1;-1. The van der Waals surface area contributed by atoms with Crippen molar-refractivity contribution >= 4 is 5.97 Å². The van der Waals surface area contributed by atoms with Crippen LogP contribution < -0.4 is 29.6 Å². The van der Waals surface area contributed by atoms with Gasteiger partial charge in [-0.05, 0) is 0 Å². The molecule has 0 bridgehead atoms. The molecule has 0 radical (unpaired) electrons. The van der Waals surface area contributed by atoms with E-state index in [2.05, 4.69) is 0 Å². The number of nitrogens with zero attached hydrogens (tertiary/aromatic N) is 1. The molecule has 0 amide bonds. The summed E-state index contributed by atoms with van der Waals surface area (Å²) >= 11 is 0. The summed E-state index contributed by atoms with van der Waals surface area (Å²) in [5.41, 5.74) is 0. The Morgan fingerprint density at radius 2 is 2.09 bits per heavy atom. The molecule has 11 heavy (non-hydrogen) atoms. The van der Waals surface area contributed by atoms with Gasteiger partial charge in [0.1, 0.15) is 0 Å². The van der Waals surface area contributed by atoms with Crippen LogP contribution in [0.5, 0.6) is 0 Å². The van der Waals surface area contributed by atoms with Gasteiger partial charge in [0.2, 0.25) is 0 Å². The third-order valence-electron chi connectivity index (χ3n) is 1.46. The maximum Gasteiger partial charge on any atom is 1.00 e. The van der Waals surface area contributed by atoms with Gasteiger partial charge in [-0.2, -0.15) is 0 Å². The molecule has 0 spiro atoms. The number of morpholine rings is 1. The normalized spacial score (nSPS) is 18.9. The molecule has 1 aliphatic heterocycles. The van der Waals surface area contributed by atoms with Crippen LogP contribution in [0.1, 0.15) is 1.43 Å². The van der Waals surface area contributed by atoms with Crippen molar-refractivity contribution in [1.82, 2.24) is 4.90 Å². The molecule has 5 heteroatoms. The third-order valence-corrected chi connectivity index (χ3v) is 1.46. The Labute approximate surface area is 89.3 Å². The van der Waals surface area contributed by atoms with Gasteiger partial charge in [0, 0.05) is 13.1 Å². The van der Waals surface area contributed by atoms with Crippen LogP contribution in [0.3, 0.4) is 0 Å². The fraction of sp³-hybridized carbons (Fsp3) is 0.833.